The molecule has 3 rings (SSSR count). The summed E-state index contributed by atoms with van der Waals surface area (Å²) in [4.78, 5) is 26.1. The molecule has 0 aliphatic carbocycles. The maximum Gasteiger partial charge on any atom is 0.295 e. The predicted octanol–water partition coefficient (Wildman–Crippen LogP) is 2.76. The van der Waals surface area contributed by atoms with E-state index in [9.17, 15) is 14.7 Å². The number of amides is 1. The zero-order chi connectivity index (χ0) is 18.8. The summed E-state index contributed by atoms with van der Waals surface area (Å²) in [6.07, 6.45) is 0. The molecule has 1 fully saturated rings. The van der Waals surface area contributed by atoms with E-state index in [1.165, 1.54) is 4.90 Å². The summed E-state index contributed by atoms with van der Waals surface area (Å²) in [5.74, 6) is -0.278. The van der Waals surface area contributed by atoms with Crippen molar-refractivity contribution >= 4 is 17.4 Å². The molecule has 134 valence electrons. The number of carbonyl (C=O) groups is 2. The number of ether oxygens (including phenoxy) is 2. The van der Waals surface area contributed by atoms with Crippen LogP contribution in [0, 0.1) is 0 Å². The molecule has 2 aromatic carbocycles. The van der Waals surface area contributed by atoms with Gasteiger partial charge in [0, 0.05) is 12.6 Å². The fraction of sp³-hybridized carbons (Fsp3) is 0.200. The van der Waals surface area contributed by atoms with Crippen molar-refractivity contribution in [3.05, 3.63) is 65.2 Å². The molecule has 1 saturated heterocycles. The van der Waals surface area contributed by atoms with Gasteiger partial charge in [0.2, 0.25) is 0 Å². The predicted molar refractivity (Wildman–Crippen MR) is 96.1 cm³/mol. The van der Waals surface area contributed by atoms with Gasteiger partial charge in [0.1, 0.15) is 17.3 Å². The van der Waals surface area contributed by atoms with Crippen molar-refractivity contribution in [3.63, 3.8) is 0 Å². The van der Waals surface area contributed by atoms with Gasteiger partial charge in [-0.1, -0.05) is 12.1 Å². The minimum absolute atomic E-state index is 0.0628. The SMILES string of the molecule is COc1ccc(/C(O)=C2\C(=O)C(=O)N(C)[C@@H]2c2ccc(OC)cc2)cc1. The van der Waals surface area contributed by atoms with Gasteiger partial charge in [-0.3, -0.25) is 9.59 Å². The van der Waals surface area contributed by atoms with E-state index in [0.29, 0.717) is 22.6 Å². The van der Waals surface area contributed by atoms with Crippen LogP contribution in [0.2, 0.25) is 0 Å². The molecular weight excluding hydrogens is 334 g/mol. The largest absolute Gasteiger partial charge is 0.507 e. The lowest BCUT2D eigenvalue weighted by atomic mass is 9.95. The summed E-state index contributed by atoms with van der Waals surface area (Å²) < 4.78 is 10.2. The number of methoxy groups -OCH3 is 2. The van der Waals surface area contributed by atoms with Crippen LogP contribution in [-0.2, 0) is 9.59 Å². The number of nitrogens with zero attached hydrogens (tertiary/aromatic N) is 1. The normalized spacial score (nSPS) is 18.9. The van der Waals surface area contributed by atoms with Crippen LogP contribution < -0.4 is 9.47 Å². The van der Waals surface area contributed by atoms with Gasteiger partial charge in [-0.25, -0.2) is 0 Å². The first kappa shape index (κ1) is 17.5. The van der Waals surface area contributed by atoms with E-state index in [1.807, 2.05) is 0 Å². The van der Waals surface area contributed by atoms with Gasteiger partial charge in [0.25, 0.3) is 11.7 Å². The van der Waals surface area contributed by atoms with E-state index in [1.54, 1.807) is 69.8 Å². The number of likely N-dealkylation sites (N-methyl/N-ethyl adjacent to an activating group) is 1. The van der Waals surface area contributed by atoms with Crippen LogP contribution in [0.15, 0.2) is 54.1 Å². The van der Waals surface area contributed by atoms with Crippen LogP contribution in [-0.4, -0.2) is 43.0 Å². The van der Waals surface area contributed by atoms with E-state index in [0.717, 1.165) is 0 Å². The molecule has 2 aromatic rings. The lowest BCUT2D eigenvalue weighted by Gasteiger charge is -2.21. The van der Waals surface area contributed by atoms with Gasteiger partial charge < -0.3 is 19.5 Å². The number of ketones is 1. The molecular formula is C20H19NO5. The number of hydrogen-bond donors (Lipinski definition) is 1. The zero-order valence-corrected chi connectivity index (χ0v) is 14.7. The first-order chi connectivity index (χ1) is 12.5. The van der Waals surface area contributed by atoms with E-state index in [4.69, 9.17) is 9.47 Å². The third kappa shape index (κ3) is 2.90. The van der Waals surface area contributed by atoms with Crippen molar-refractivity contribution in [2.75, 3.05) is 21.3 Å². The molecule has 1 aliphatic heterocycles. The van der Waals surface area contributed by atoms with Crippen LogP contribution in [0.25, 0.3) is 5.76 Å². The molecule has 0 spiro atoms. The van der Waals surface area contributed by atoms with Crippen molar-refractivity contribution in [1.29, 1.82) is 0 Å². The second-order valence-corrected chi connectivity index (χ2v) is 5.91. The maximum absolute atomic E-state index is 12.5. The highest BCUT2D eigenvalue weighted by Gasteiger charge is 2.44. The number of Topliss-reactive ketones (excluding diaryl/α,β-unsaturated/α-hetero) is 1. The number of hydrogen-bond acceptors (Lipinski definition) is 5. The summed E-state index contributed by atoms with van der Waals surface area (Å²) in [5.41, 5.74) is 1.21. The quantitative estimate of drug-likeness (QED) is 0.520. The molecule has 0 unspecified atom stereocenters. The second-order valence-electron chi connectivity index (χ2n) is 5.91. The highest BCUT2D eigenvalue weighted by Crippen LogP contribution is 2.38. The summed E-state index contributed by atoms with van der Waals surface area (Å²) in [7, 11) is 4.65. The minimum atomic E-state index is -0.707. The Kier molecular flexibility index (Phi) is 4.67. The Bertz CT molecular complexity index is 868. The molecule has 0 aromatic heterocycles. The Morgan fingerprint density at radius 2 is 1.42 bits per heavy atom. The van der Waals surface area contributed by atoms with E-state index in [-0.39, 0.29) is 11.3 Å². The molecule has 1 aliphatic rings. The first-order valence-electron chi connectivity index (χ1n) is 8.01. The number of aliphatic hydroxyl groups is 1. The van der Waals surface area contributed by atoms with E-state index >= 15 is 0 Å². The number of carbonyl (C=O) groups excluding carboxylic acids is 2. The van der Waals surface area contributed by atoms with Crippen LogP contribution in [0.4, 0.5) is 0 Å². The highest BCUT2D eigenvalue weighted by molar-refractivity contribution is 6.46. The zero-order valence-electron chi connectivity index (χ0n) is 14.7. The van der Waals surface area contributed by atoms with Gasteiger partial charge >= 0.3 is 0 Å². The summed E-state index contributed by atoms with van der Waals surface area (Å²) >= 11 is 0. The van der Waals surface area contributed by atoms with Crippen molar-refractivity contribution in [3.8, 4) is 11.5 Å². The smallest absolute Gasteiger partial charge is 0.295 e. The summed E-state index contributed by atoms with van der Waals surface area (Å²) in [6, 6.07) is 13.0. The van der Waals surface area contributed by atoms with Crippen LogP contribution in [0.3, 0.4) is 0 Å². The van der Waals surface area contributed by atoms with Gasteiger partial charge in [0.05, 0.1) is 25.8 Å². The fourth-order valence-electron chi connectivity index (χ4n) is 3.03. The number of benzene rings is 2. The number of aliphatic hydroxyl groups excluding tert-OH is 1. The van der Waals surface area contributed by atoms with Crippen LogP contribution in [0.1, 0.15) is 17.2 Å². The van der Waals surface area contributed by atoms with Crippen LogP contribution >= 0.6 is 0 Å². The third-order valence-corrected chi connectivity index (χ3v) is 4.47. The molecule has 1 heterocycles. The molecule has 0 radical (unpaired) electrons. The molecule has 1 amide bonds. The summed E-state index contributed by atoms with van der Waals surface area (Å²) in [6.45, 7) is 0. The lowest BCUT2D eigenvalue weighted by molar-refractivity contribution is -0.139. The fourth-order valence-corrected chi connectivity index (χ4v) is 3.03. The first-order valence-corrected chi connectivity index (χ1v) is 8.01. The second kappa shape index (κ2) is 6.92. The third-order valence-electron chi connectivity index (χ3n) is 4.47. The molecule has 26 heavy (non-hydrogen) atoms. The Labute approximate surface area is 151 Å². The Balaban J connectivity index is 2.10. The average molecular weight is 353 g/mol. The molecule has 0 saturated carbocycles. The number of likely N-dealkylation sites (tertiary alicyclic amines) is 1. The van der Waals surface area contributed by atoms with Crippen molar-refractivity contribution in [1.82, 2.24) is 4.90 Å². The lowest BCUT2D eigenvalue weighted by Crippen LogP contribution is -2.24. The van der Waals surface area contributed by atoms with E-state index < -0.39 is 17.7 Å². The minimum Gasteiger partial charge on any atom is -0.507 e. The van der Waals surface area contributed by atoms with Crippen molar-refractivity contribution in [2.45, 2.75) is 6.04 Å². The summed E-state index contributed by atoms with van der Waals surface area (Å²) in [5, 5.41) is 10.7. The van der Waals surface area contributed by atoms with Gasteiger partial charge in [0.15, 0.2) is 0 Å². The molecule has 6 heteroatoms. The standard InChI is InChI=1S/C20H19NO5/c1-21-17(12-4-8-14(25-2)9-5-12)16(19(23)20(21)24)18(22)13-6-10-15(26-3)11-7-13/h4-11,17,22H,1-3H3/b18-16+/t17-/m1/s1. The number of rotatable bonds is 4. The van der Waals surface area contributed by atoms with Crippen molar-refractivity contribution in [2.24, 2.45) is 0 Å². The molecule has 0 bridgehead atoms. The maximum atomic E-state index is 12.5. The van der Waals surface area contributed by atoms with Gasteiger partial charge in [-0.2, -0.15) is 0 Å². The average Bonchev–Trinajstić information content (AvgIpc) is 2.91. The van der Waals surface area contributed by atoms with E-state index in [2.05, 4.69) is 0 Å². The monoisotopic (exact) mass is 353 g/mol. The Hall–Kier alpha value is -3.28. The molecule has 1 atom stereocenters. The topological polar surface area (TPSA) is 76.1 Å². The Morgan fingerprint density at radius 1 is 0.923 bits per heavy atom. The molecule has 1 N–H and O–H groups in total. The van der Waals surface area contributed by atoms with Crippen LogP contribution in [0.5, 0.6) is 11.5 Å². The van der Waals surface area contributed by atoms with Crippen molar-refractivity contribution < 1.29 is 24.2 Å². The Morgan fingerprint density at radius 3 is 1.92 bits per heavy atom. The molecule has 6 nitrogen and oxygen atoms in total. The van der Waals surface area contributed by atoms with Gasteiger partial charge in [-0.05, 0) is 42.0 Å². The highest BCUT2D eigenvalue weighted by atomic mass is 16.5. The van der Waals surface area contributed by atoms with Gasteiger partial charge in [-0.15, -0.1) is 0 Å².